The Morgan fingerprint density at radius 1 is 1.42 bits per heavy atom. The van der Waals surface area contributed by atoms with Gasteiger partial charge in [-0.1, -0.05) is 18.2 Å². The third kappa shape index (κ3) is 2.61. The second kappa shape index (κ2) is 5.40. The first-order chi connectivity index (χ1) is 9.34. The number of para-hydroxylation sites is 1. The van der Waals surface area contributed by atoms with Gasteiger partial charge in [-0.2, -0.15) is 5.10 Å². The molecule has 1 amide bonds. The molecular formula is C14H18N4O. The monoisotopic (exact) mass is 258 g/mol. The normalized spacial score (nSPS) is 18.8. The molecule has 1 aromatic heterocycles. The maximum atomic E-state index is 12.1. The van der Waals surface area contributed by atoms with Crippen LogP contribution in [0.1, 0.15) is 29.8 Å². The molecule has 0 unspecified atom stereocenters. The minimum Gasteiger partial charge on any atom is -0.351 e. The third-order valence-corrected chi connectivity index (χ3v) is 3.63. The van der Waals surface area contributed by atoms with Crippen molar-refractivity contribution in [2.24, 2.45) is 0 Å². The second-order valence-electron chi connectivity index (χ2n) is 4.96. The van der Waals surface area contributed by atoms with Gasteiger partial charge in [0, 0.05) is 18.0 Å². The van der Waals surface area contributed by atoms with Gasteiger partial charge in [0.2, 0.25) is 0 Å². The van der Waals surface area contributed by atoms with Crippen LogP contribution in [-0.4, -0.2) is 35.2 Å². The van der Waals surface area contributed by atoms with Crippen LogP contribution in [0.15, 0.2) is 24.3 Å². The maximum Gasteiger partial charge on any atom is 0.272 e. The number of fused-ring (bicyclic) bond motifs is 1. The van der Waals surface area contributed by atoms with E-state index in [1.807, 2.05) is 24.3 Å². The lowest BCUT2D eigenvalue weighted by atomic mass is 10.1. The summed E-state index contributed by atoms with van der Waals surface area (Å²) >= 11 is 0. The van der Waals surface area contributed by atoms with Crippen molar-refractivity contribution in [3.8, 4) is 0 Å². The van der Waals surface area contributed by atoms with Gasteiger partial charge in [0.25, 0.3) is 5.91 Å². The second-order valence-corrected chi connectivity index (χ2v) is 4.96. The minimum atomic E-state index is -0.101. The number of hydrogen-bond acceptors (Lipinski definition) is 3. The molecule has 0 saturated carbocycles. The van der Waals surface area contributed by atoms with Crippen LogP contribution < -0.4 is 10.6 Å². The molecule has 2 aromatic rings. The summed E-state index contributed by atoms with van der Waals surface area (Å²) in [5, 5.41) is 14.2. The Balaban J connectivity index is 1.60. The fraction of sp³-hybridized carbons (Fsp3) is 0.429. The summed E-state index contributed by atoms with van der Waals surface area (Å²) in [6.45, 7) is 1.79. The van der Waals surface area contributed by atoms with E-state index in [4.69, 9.17) is 0 Å². The summed E-state index contributed by atoms with van der Waals surface area (Å²) in [4.78, 5) is 12.1. The van der Waals surface area contributed by atoms with Gasteiger partial charge in [0.05, 0.1) is 5.52 Å². The summed E-state index contributed by atoms with van der Waals surface area (Å²) in [7, 11) is 0. The molecule has 3 N–H and O–H groups in total. The molecule has 1 atom stereocenters. The maximum absolute atomic E-state index is 12.1. The van der Waals surface area contributed by atoms with E-state index < -0.39 is 0 Å². The fourth-order valence-corrected chi connectivity index (χ4v) is 2.58. The van der Waals surface area contributed by atoms with Crippen LogP contribution in [0.2, 0.25) is 0 Å². The molecule has 1 saturated heterocycles. The number of carbonyl (C=O) groups excluding carboxylic acids is 1. The number of carbonyl (C=O) groups is 1. The van der Waals surface area contributed by atoms with Crippen LogP contribution >= 0.6 is 0 Å². The Bertz CT molecular complexity index is 572. The van der Waals surface area contributed by atoms with Gasteiger partial charge in [-0.15, -0.1) is 0 Å². The molecule has 19 heavy (non-hydrogen) atoms. The topological polar surface area (TPSA) is 69.8 Å². The lowest BCUT2D eigenvalue weighted by Gasteiger charge is -2.10. The lowest BCUT2D eigenvalue weighted by Crippen LogP contribution is -2.30. The molecule has 2 heterocycles. The van der Waals surface area contributed by atoms with Crippen LogP contribution in [0, 0.1) is 0 Å². The van der Waals surface area contributed by atoms with Crippen LogP contribution in [-0.2, 0) is 0 Å². The van der Waals surface area contributed by atoms with Crippen molar-refractivity contribution >= 4 is 16.8 Å². The predicted molar refractivity (Wildman–Crippen MR) is 74.1 cm³/mol. The van der Waals surface area contributed by atoms with E-state index in [1.54, 1.807) is 0 Å². The first kappa shape index (κ1) is 12.2. The molecule has 0 aliphatic carbocycles. The SMILES string of the molecule is O=C(NCC[C@@H]1CCCN1)c1n[nH]c2ccccc12. The summed E-state index contributed by atoms with van der Waals surface area (Å²) in [5.74, 6) is -0.101. The molecule has 0 spiro atoms. The summed E-state index contributed by atoms with van der Waals surface area (Å²) in [6, 6.07) is 8.22. The standard InChI is InChI=1S/C14H18N4O/c19-14(16-9-7-10-4-3-8-15-10)13-11-5-1-2-6-12(11)17-18-13/h1-2,5-6,10,15H,3-4,7-9H2,(H,16,19)(H,17,18)/t10-/m0/s1. The predicted octanol–water partition coefficient (Wildman–Crippen LogP) is 1.43. The molecule has 3 rings (SSSR count). The van der Waals surface area contributed by atoms with Crippen LogP contribution in [0.5, 0.6) is 0 Å². The zero-order chi connectivity index (χ0) is 13.1. The Morgan fingerprint density at radius 2 is 2.32 bits per heavy atom. The van der Waals surface area contributed by atoms with E-state index in [-0.39, 0.29) is 5.91 Å². The first-order valence-corrected chi connectivity index (χ1v) is 6.79. The summed E-state index contributed by atoms with van der Waals surface area (Å²) in [6.07, 6.45) is 3.43. The van der Waals surface area contributed by atoms with Crippen LogP contribution in [0.25, 0.3) is 10.9 Å². The minimum absolute atomic E-state index is 0.101. The number of H-pyrrole nitrogens is 1. The van der Waals surface area contributed by atoms with Crippen molar-refractivity contribution in [3.05, 3.63) is 30.0 Å². The average Bonchev–Trinajstić information content (AvgIpc) is 3.07. The number of aromatic amines is 1. The molecule has 0 bridgehead atoms. The molecule has 1 fully saturated rings. The van der Waals surface area contributed by atoms with Crippen molar-refractivity contribution in [3.63, 3.8) is 0 Å². The Hall–Kier alpha value is -1.88. The van der Waals surface area contributed by atoms with Gasteiger partial charge in [-0.3, -0.25) is 9.89 Å². The van der Waals surface area contributed by atoms with E-state index in [2.05, 4.69) is 20.8 Å². The fourth-order valence-electron chi connectivity index (χ4n) is 2.58. The summed E-state index contributed by atoms with van der Waals surface area (Å²) in [5.41, 5.74) is 1.38. The Kier molecular flexibility index (Phi) is 3.46. The van der Waals surface area contributed by atoms with Gasteiger partial charge in [0.1, 0.15) is 0 Å². The number of hydrogen-bond donors (Lipinski definition) is 3. The number of nitrogens with zero attached hydrogens (tertiary/aromatic N) is 1. The van der Waals surface area contributed by atoms with E-state index in [0.717, 1.165) is 23.9 Å². The molecule has 1 aromatic carbocycles. The van der Waals surface area contributed by atoms with Crippen molar-refractivity contribution in [1.82, 2.24) is 20.8 Å². The smallest absolute Gasteiger partial charge is 0.272 e. The molecule has 100 valence electrons. The molecular weight excluding hydrogens is 240 g/mol. The van der Waals surface area contributed by atoms with Gasteiger partial charge in [-0.25, -0.2) is 0 Å². The Labute approximate surface area is 111 Å². The largest absolute Gasteiger partial charge is 0.351 e. The van der Waals surface area contributed by atoms with Crippen molar-refractivity contribution in [2.45, 2.75) is 25.3 Å². The van der Waals surface area contributed by atoms with Crippen molar-refractivity contribution in [2.75, 3.05) is 13.1 Å². The van der Waals surface area contributed by atoms with E-state index in [0.29, 0.717) is 18.3 Å². The van der Waals surface area contributed by atoms with E-state index in [1.165, 1.54) is 12.8 Å². The summed E-state index contributed by atoms with van der Waals surface area (Å²) < 4.78 is 0. The first-order valence-electron chi connectivity index (χ1n) is 6.79. The van der Waals surface area contributed by atoms with Gasteiger partial charge < -0.3 is 10.6 Å². The highest BCUT2D eigenvalue weighted by Gasteiger charge is 2.16. The number of benzene rings is 1. The zero-order valence-electron chi connectivity index (χ0n) is 10.8. The molecule has 1 aliphatic heterocycles. The van der Waals surface area contributed by atoms with E-state index >= 15 is 0 Å². The highest BCUT2D eigenvalue weighted by molar-refractivity contribution is 6.04. The van der Waals surface area contributed by atoms with Gasteiger partial charge in [-0.05, 0) is 31.9 Å². The average molecular weight is 258 g/mol. The molecule has 5 heteroatoms. The highest BCUT2D eigenvalue weighted by Crippen LogP contribution is 2.14. The lowest BCUT2D eigenvalue weighted by molar-refractivity contribution is 0.0949. The zero-order valence-corrected chi connectivity index (χ0v) is 10.8. The highest BCUT2D eigenvalue weighted by atomic mass is 16.1. The van der Waals surface area contributed by atoms with Crippen molar-refractivity contribution < 1.29 is 4.79 Å². The van der Waals surface area contributed by atoms with Crippen molar-refractivity contribution in [1.29, 1.82) is 0 Å². The van der Waals surface area contributed by atoms with Crippen LogP contribution in [0.4, 0.5) is 0 Å². The molecule has 5 nitrogen and oxygen atoms in total. The third-order valence-electron chi connectivity index (χ3n) is 3.63. The number of rotatable bonds is 4. The quantitative estimate of drug-likeness (QED) is 0.777. The Morgan fingerprint density at radius 3 is 3.16 bits per heavy atom. The van der Waals surface area contributed by atoms with Gasteiger partial charge >= 0.3 is 0 Å². The number of amides is 1. The molecule has 1 aliphatic rings. The number of nitrogens with one attached hydrogen (secondary N) is 3. The molecule has 0 radical (unpaired) electrons. The van der Waals surface area contributed by atoms with E-state index in [9.17, 15) is 4.79 Å². The number of aromatic nitrogens is 2. The van der Waals surface area contributed by atoms with Gasteiger partial charge in [0.15, 0.2) is 5.69 Å². The van der Waals surface area contributed by atoms with Crippen LogP contribution in [0.3, 0.4) is 0 Å².